The van der Waals surface area contributed by atoms with Gasteiger partial charge in [0.15, 0.2) is 6.10 Å². The van der Waals surface area contributed by atoms with Crippen LogP contribution in [-0.4, -0.2) is 37.2 Å². The number of allylic oxidation sites excluding steroid dienone is 8. The van der Waals surface area contributed by atoms with E-state index in [1.54, 1.807) is 0 Å². The summed E-state index contributed by atoms with van der Waals surface area (Å²) in [7, 11) is 0. The fourth-order valence-electron chi connectivity index (χ4n) is 6.75. The normalized spacial score (nSPS) is 12.4. The zero-order chi connectivity index (χ0) is 41.5. The molecule has 0 rings (SSSR count). The van der Waals surface area contributed by atoms with Gasteiger partial charge in [-0.15, -0.1) is 0 Å². The number of hydrogen-bond acceptors (Lipinski definition) is 6. The molecule has 0 aliphatic heterocycles. The van der Waals surface area contributed by atoms with Gasteiger partial charge in [-0.25, -0.2) is 0 Å². The molecule has 6 nitrogen and oxygen atoms in total. The largest absolute Gasteiger partial charge is 0.462 e. The number of ether oxygens (including phenoxy) is 3. The Hall–Kier alpha value is -2.63. The average Bonchev–Trinajstić information content (AvgIpc) is 3.21. The maximum Gasteiger partial charge on any atom is 0.306 e. The molecule has 0 N–H and O–H groups in total. The van der Waals surface area contributed by atoms with Crippen molar-refractivity contribution < 1.29 is 28.6 Å². The second-order valence-electron chi connectivity index (χ2n) is 16.0. The van der Waals surface area contributed by atoms with E-state index in [9.17, 15) is 14.4 Å². The van der Waals surface area contributed by atoms with Crippen LogP contribution in [0.15, 0.2) is 48.6 Å². The van der Waals surface area contributed by atoms with Crippen molar-refractivity contribution in [3.05, 3.63) is 48.6 Å². The van der Waals surface area contributed by atoms with E-state index >= 15 is 0 Å². The lowest BCUT2D eigenvalue weighted by molar-refractivity contribution is -0.167. The second kappa shape index (κ2) is 46.1. The standard InChI is InChI=1S/C51H90O6/c1-4-7-10-13-16-19-22-24-26-29-32-35-38-41-44-50(53)56-47-48(46-55-49(52)43-40-37-34-31-28-21-18-15-12-9-6-3)57-51(54)45-42-39-36-33-30-27-25-23-20-17-14-11-8-5-2/h7-8,10-11,16-17,19-20,48H,4-6,9,12-15,18,21-47H2,1-3H3/b10-7-,11-8-,19-16-,20-17-. The Balaban J connectivity index is 4.38. The summed E-state index contributed by atoms with van der Waals surface area (Å²) >= 11 is 0. The lowest BCUT2D eigenvalue weighted by atomic mass is 10.1. The van der Waals surface area contributed by atoms with Crippen LogP contribution in [-0.2, 0) is 28.6 Å². The molecule has 0 aliphatic carbocycles. The Labute approximate surface area is 352 Å². The van der Waals surface area contributed by atoms with Gasteiger partial charge in [-0.05, 0) is 70.6 Å². The molecule has 0 fully saturated rings. The minimum absolute atomic E-state index is 0.0772. The van der Waals surface area contributed by atoms with Gasteiger partial charge in [0.25, 0.3) is 0 Å². The van der Waals surface area contributed by atoms with Crippen LogP contribution < -0.4 is 0 Å². The highest BCUT2D eigenvalue weighted by Crippen LogP contribution is 2.15. The number of esters is 3. The first-order valence-electron chi connectivity index (χ1n) is 24.1. The third kappa shape index (κ3) is 44.3. The van der Waals surface area contributed by atoms with Crippen LogP contribution in [0.2, 0.25) is 0 Å². The van der Waals surface area contributed by atoms with Crippen LogP contribution in [0.25, 0.3) is 0 Å². The van der Waals surface area contributed by atoms with Gasteiger partial charge in [-0.1, -0.05) is 198 Å². The van der Waals surface area contributed by atoms with Crippen LogP contribution in [0.3, 0.4) is 0 Å². The highest BCUT2D eigenvalue weighted by atomic mass is 16.6. The van der Waals surface area contributed by atoms with Gasteiger partial charge < -0.3 is 14.2 Å². The Bertz CT molecular complexity index is 1010. The molecule has 0 heterocycles. The third-order valence-electron chi connectivity index (χ3n) is 10.3. The fraction of sp³-hybridized carbons (Fsp3) is 0.784. The van der Waals surface area contributed by atoms with Crippen LogP contribution >= 0.6 is 0 Å². The predicted molar refractivity (Wildman–Crippen MR) is 242 cm³/mol. The lowest BCUT2D eigenvalue weighted by Crippen LogP contribution is -2.30. The van der Waals surface area contributed by atoms with Gasteiger partial charge in [-0.2, -0.15) is 0 Å². The van der Waals surface area contributed by atoms with Gasteiger partial charge >= 0.3 is 17.9 Å². The van der Waals surface area contributed by atoms with E-state index in [0.717, 1.165) is 96.3 Å². The molecule has 6 heteroatoms. The third-order valence-corrected chi connectivity index (χ3v) is 10.3. The summed E-state index contributed by atoms with van der Waals surface area (Å²) in [5, 5.41) is 0. The first kappa shape index (κ1) is 54.4. The second-order valence-corrected chi connectivity index (χ2v) is 16.0. The number of rotatable bonds is 43. The highest BCUT2D eigenvalue weighted by molar-refractivity contribution is 5.71. The van der Waals surface area contributed by atoms with Gasteiger partial charge in [0, 0.05) is 19.3 Å². The summed E-state index contributed by atoms with van der Waals surface area (Å²) in [5.74, 6) is -0.892. The molecule has 0 saturated carbocycles. The summed E-state index contributed by atoms with van der Waals surface area (Å²) < 4.78 is 16.7. The number of carbonyl (C=O) groups excluding carboxylic acids is 3. The molecule has 0 aromatic rings. The van der Waals surface area contributed by atoms with Crippen molar-refractivity contribution in [1.29, 1.82) is 0 Å². The van der Waals surface area contributed by atoms with Crippen molar-refractivity contribution in [2.45, 2.75) is 245 Å². The van der Waals surface area contributed by atoms with Crippen molar-refractivity contribution in [2.24, 2.45) is 0 Å². The fourth-order valence-corrected chi connectivity index (χ4v) is 6.75. The lowest BCUT2D eigenvalue weighted by Gasteiger charge is -2.18. The Morgan fingerprint density at radius 1 is 0.368 bits per heavy atom. The molecule has 57 heavy (non-hydrogen) atoms. The molecule has 0 aromatic heterocycles. The first-order valence-corrected chi connectivity index (χ1v) is 24.1. The summed E-state index contributed by atoms with van der Waals surface area (Å²) in [4.78, 5) is 37.8. The Morgan fingerprint density at radius 2 is 0.684 bits per heavy atom. The zero-order valence-corrected chi connectivity index (χ0v) is 37.6. The maximum absolute atomic E-state index is 12.7. The maximum atomic E-state index is 12.7. The molecule has 0 aromatic carbocycles. The van der Waals surface area contributed by atoms with Crippen LogP contribution in [0.4, 0.5) is 0 Å². The molecule has 0 radical (unpaired) electrons. The molecule has 1 atom stereocenters. The van der Waals surface area contributed by atoms with E-state index in [4.69, 9.17) is 14.2 Å². The first-order chi connectivity index (χ1) is 28.0. The molecular formula is C51H90O6. The van der Waals surface area contributed by atoms with Crippen LogP contribution in [0, 0.1) is 0 Å². The number of carbonyl (C=O) groups is 3. The highest BCUT2D eigenvalue weighted by Gasteiger charge is 2.19. The minimum atomic E-state index is -0.776. The number of unbranched alkanes of at least 4 members (excludes halogenated alkanes) is 24. The van der Waals surface area contributed by atoms with E-state index in [2.05, 4.69) is 69.4 Å². The molecule has 0 aliphatic rings. The van der Waals surface area contributed by atoms with Crippen molar-refractivity contribution in [3.8, 4) is 0 Å². The van der Waals surface area contributed by atoms with Gasteiger partial charge in [0.1, 0.15) is 13.2 Å². The average molecular weight is 799 g/mol. The van der Waals surface area contributed by atoms with E-state index in [0.29, 0.717) is 19.3 Å². The Kier molecular flexibility index (Phi) is 43.9. The predicted octanol–water partition coefficient (Wildman–Crippen LogP) is 15.5. The summed E-state index contributed by atoms with van der Waals surface area (Å²) in [5.41, 5.74) is 0. The minimum Gasteiger partial charge on any atom is -0.462 e. The van der Waals surface area contributed by atoms with Gasteiger partial charge in [0.2, 0.25) is 0 Å². The summed E-state index contributed by atoms with van der Waals surface area (Å²) in [6.07, 6.45) is 53.8. The van der Waals surface area contributed by atoms with Crippen molar-refractivity contribution in [2.75, 3.05) is 13.2 Å². The van der Waals surface area contributed by atoms with E-state index in [-0.39, 0.29) is 31.1 Å². The molecule has 0 spiro atoms. The molecular weight excluding hydrogens is 709 g/mol. The SMILES string of the molecule is CC/C=C\C/C=C\CCCCCCCCCC(=O)OCC(COC(=O)CCCCCCCCCCCCC)OC(=O)CCCCCCCCC/C=C\C/C=C\CC. The number of hydrogen-bond donors (Lipinski definition) is 0. The molecule has 0 bridgehead atoms. The van der Waals surface area contributed by atoms with Crippen LogP contribution in [0.1, 0.15) is 239 Å². The molecule has 330 valence electrons. The molecule has 0 saturated heterocycles. The van der Waals surface area contributed by atoms with Gasteiger partial charge in [-0.3, -0.25) is 14.4 Å². The van der Waals surface area contributed by atoms with Crippen molar-refractivity contribution in [1.82, 2.24) is 0 Å². The van der Waals surface area contributed by atoms with Crippen molar-refractivity contribution >= 4 is 17.9 Å². The van der Waals surface area contributed by atoms with E-state index in [1.165, 1.54) is 103 Å². The molecule has 1 unspecified atom stereocenters. The van der Waals surface area contributed by atoms with E-state index in [1.807, 2.05) is 0 Å². The monoisotopic (exact) mass is 799 g/mol. The van der Waals surface area contributed by atoms with E-state index < -0.39 is 6.10 Å². The quantitative estimate of drug-likeness (QED) is 0.0265. The Morgan fingerprint density at radius 3 is 1.05 bits per heavy atom. The van der Waals surface area contributed by atoms with Crippen LogP contribution in [0.5, 0.6) is 0 Å². The zero-order valence-electron chi connectivity index (χ0n) is 37.6. The smallest absolute Gasteiger partial charge is 0.306 e. The van der Waals surface area contributed by atoms with Crippen molar-refractivity contribution in [3.63, 3.8) is 0 Å². The topological polar surface area (TPSA) is 78.9 Å². The summed E-state index contributed by atoms with van der Waals surface area (Å²) in [6.45, 7) is 6.41. The molecule has 0 amide bonds. The summed E-state index contributed by atoms with van der Waals surface area (Å²) in [6, 6.07) is 0. The van der Waals surface area contributed by atoms with Gasteiger partial charge in [0.05, 0.1) is 0 Å².